The molecule has 1 aliphatic heterocycles. The van der Waals surface area contributed by atoms with E-state index in [-0.39, 0.29) is 11.9 Å². The van der Waals surface area contributed by atoms with E-state index in [1.165, 1.54) is 0 Å². The highest BCUT2D eigenvalue weighted by molar-refractivity contribution is 5.97. The Hall–Kier alpha value is -2.89. The van der Waals surface area contributed by atoms with Crippen LogP contribution in [0.3, 0.4) is 0 Å². The molecular weight excluding hydrogens is 328 g/mol. The Morgan fingerprint density at radius 2 is 2.15 bits per heavy atom. The van der Waals surface area contributed by atoms with Gasteiger partial charge in [0.25, 0.3) is 5.91 Å². The van der Waals surface area contributed by atoms with Crippen LogP contribution in [-0.4, -0.2) is 39.5 Å². The van der Waals surface area contributed by atoms with E-state index in [1.807, 2.05) is 52.9 Å². The maximum Gasteiger partial charge on any atom is 0.254 e. The van der Waals surface area contributed by atoms with Gasteiger partial charge >= 0.3 is 0 Å². The van der Waals surface area contributed by atoms with Crippen molar-refractivity contribution in [3.8, 4) is 5.75 Å². The molecule has 1 aliphatic rings. The van der Waals surface area contributed by atoms with Crippen molar-refractivity contribution in [2.24, 2.45) is 0 Å². The van der Waals surface area contributed by atoms with Crippen molar-refractivity contribution in [2.45, 2.75) is 32.4 Å². The first kappa shape index (κ1) is 16.6. The van der Waals surface area contributed by atoms with E-state index >= 15 is 0 Å². The fourth-order valence-electron chi connectivity index (χ4n) is 3.71. The van der Waals surface area contributed by atoms with Gasteiger partial charge in [-0.1, -0.05) is 17.3 Å². The fourth-order valence-corrected chi connectivity index (χ4v) is 3.71. The van der Waals surface area contributed by atoms with E-state index in [4.69, 9.17) is 4.74 Å². The number of amides is 1. The Bertz CT molecular complexity index is 950. The minimum absolute atomic E-state index is 0.0447. The zero-order valence-electron chi connectivity index (χ0n) is 15.1. The van der Waals surface area contributed by atoms with Crippen LogP contribution in [0.2, 0.25) is 0 Å². The van der Waals surface area contributed by atoms with Gasteiger partial charge in [-0.15, -0.1) is 5.10 Å². The van der Waals surface area contributed by atoms with Gasteiger partial charge in [0.05, 0.1) is 18.7 Å². The molecule has 26 heavy (non-hydrogen) atoms. The zero-order valence-corrected chi connectivity index (χ0v) is 15.1. The van der Waals surface area contributed by atoms with Crippen molar-refractivity contribution in [1.29, 1.82) is 0 Å². The Labute approximate surface area is 152 Å². The first-order valence-electron chi connectivity index (χ1n) is 8.99. The lowest BCUT2D eigenvalue weighted by Gasteiger charge is -2.25. The van der Waals surface area contributed by atoms with Gasteiger partial charge in [-0.25, -0.2) is 4.68 Å². The molecule has 1 fully saturated rings. The molecule has 0 aliphatic carbocycles. The monoisotopic (exact) mass is 350 g/mol. The van der Waals surface area contributed by atoms with Crippen LogP contribution in [0.5, 0.6) is 5.75 Å². The number of ether oxygens (including phenoxy) is 1. The van der Waals surface area contributed by atoms with Gasteiger partial charge in [-0.2, -0.15) is 0 Å². The molecule has 0 saturated carbocycles. The van der Waals surface area contributed by atoms with Crippen LogP contribution < -0.4 is 4.74 Å². The van der Waals surface area contributed by atoms with Gasteiger partial charge in [0.15, 0.2) is 0 Å². The third kappa shape index (κ3) is 2.81. The van der Waals surface area contributed by atoms with E-state index in [0.717, 1.165) is 48.3 Å². The van der Waals surface area contributed by atoms with Crippen LogP contribution in [0.25, 0.3) is 11.0 Å². The standard InChI is InChI=1S/C20H22N4O2/c1-3-24-19-10-9-15(13-17(19)21-22-24)20(25)23-11-5-8-18(23)14-6-4-7-16(12-14)26-2/h4,6-7,9-10,12-13,18H,3,5,8,11H2,1-2H3. The summed E-state index contributed by atoms with van der Waals surface area (Å²) in [6.07, 6.45) is 1.97. The highest BCUT2D eigenvalue weighted by Crippen LogP contribution is 2.34. The molecule has 134 valence electrons. The van der Waals surface area contributed by atoms with Crippen molar-refractivity contribution < 1.29 is 9.53 Å². The Morgan fingerprint density at radius 3 is 2.96 bits per heavy atom. The van der Waals surface area contributed by atoms with Crippen LogP contribution in [0.4, 0.5) is 0 Å². The van der Waals surface area contributed by atoms with Crippen molar-refractivity contribution >= 4 is 16.9 Å². The van der Waals surface area contributed by atoms with E-state index in [0.29, 0.717) is 5.56 Å². The summed E-state index contributed by atoms with van der Waals surface area (Å²) in [5.74, 6) is 0.864. The molecule has 3 aromatic rings. The average Bonchev–Trinajstić information content (AvgIpc) is 3.33. The Morgan fingerprint density at radius 1 is 1.27 bits per heavy atom. The number of nitrogens with zero attached hydrogens (tertiary/aromatic N) is 4. The zero-order chi connectivity index (χ0) is 18.1. The average molecular weight is 350 g/mol. The van der Waals surface area contributed by atoms with E-state index in [2.05, 4.69) is 16.4 Å². The van der Waals surface area contributed by atoms with Crippen molar-refractivity contribution in [3.63, 3.8) is 0 Å². The molecule has 1 unspecified atom stereocenters. The van der Waals surface area contributed by atoms with E-state index in [9.17, 15) is 4.79 Å². The van der Waals surface area contributed by atoms with Gasteiger partial charge in [0.2, 0.25) is 0 Å². The SMILES string of the molecule is CCn1nnc2cc(C(=O)N3CCCC3c3cccc(OC)c3)ccc21. The Kier molecular flexibility index (Phi) is 4.32. The van der Waals surface area contributed by atoms with Crippen molar-refractivity contribution in [1.82, 2.24) is 19.9 Å². The fraction of sp³-hybridized carbons (Fsp3) is 0.350. The predicted molar refractivity (Wildman–Crippen MR) is 99.2 cm³/mol. The lowest BCUT2D eigenvalue weighted by atomic mass is 10.0. The molecule has 1 amide bonds. The summed E-state index contributed by atoms with van der Waals surface area (Å²) < 4.78 is 7.17. The normalized spacial score (nSPS) is 17.0. The maximum absolute atomic E-state index is 13.1. The number of fused-ring (bicyclic) bond motifs is 1. The summed E-state index contributed by atoms with van der Waals surface area (Å²) in [5, 5.41) is 8.31. The van der Waals surface area contributed by atoms with Gasteiger partial charge < -0.3 is 9.64 Å². The number of likely N-dealkylation sites (tertiary alicyclic amines) is 1. The van der Waals surface area contributed by atoms with Gasteiger partial charge in [-0.3, -0.25) is 4.79 Å². The summed E-state index contributed by atoms with van der Waals surface area (Å²) in [5.41, 5.74) is 3.49. The quantitative estimate of drug-likeness (QED) is 0.723. The highest BCUT2D eigenvalue weighted by Gasteiger charge is 2.31. The van der Waals surface area contributed by atoms with E-state index in [1.54, 1.807) is 7.11 Å². The smallest absolute Gasteiger partial charge is 0.254 e. The molecule has 4 rings (SSSR count). The van der Waals surface area contributed by atoms with Crippen LogP contribution in [0, 0.1) is 0 Å². The third-order valence-electron chi connectivity index (χ3n) is 5.05. The minimum atomic E-state index is 0.0447. The first-order valence-corrected chi connectivity index (χ1v) is 8.99. The molecule has 1 saturated heterocycles. The number of benzene rings is 2. The third-order valence-corrected chi connectivity index (χ3v) is 5.05. The number of aryl methyl sites for hydroxylation is 1. The number of aromatic nitrogens is 3. The second kappa shape index (κ2) is 6.78. The summed E-state index contributed by atoms with van der Waals surface area (Å²) in [7, 11) is 1.66. The van der Waals surface area contributed by atoms with Crippen molar-refractivity contribution in [3.05, 3.63) is 53.6 Å². The largest absolute Gasteiger partial charge is 0.497 e. The second-order valence-corrected chi connectivity index (χ2v) is 6.54. The van der Waals surface area contributed by atoms with Crippen LogP contribution in [-0.2, 0) is 6.54 Å². The summed E-state index contributed by atoms with van der Waals surface area (Å²) in [4.78, 5) is 15.1. The topological polar surface area (TPSA) is 60.2 Å². The Balaban J connectivity index is 1.64. The molecular formula is C20H22N4O2. The van der Waals surface area contributed by atoms with Crippen molar-refractivity contribution in [2.75, 3.05) is 13.7 Å². The summed E-state index contributed by atoms with van der Waals surface area (Å²) in [6, 6.07) is 13.7. The number of carbonyl (C=O) groups excluding carboxylic acids is 1. The number of methoxy groups -OCH3 is 1. The number of carbonyl (C=O) groups is 1. The maximum atomic E-state index is 13.1. The number of hydrogen-bond donors (Lipinski definition) is 0. The molecule has 2 heterocycles. The molecule has 0 radical (unpaired) electrons. The van der Waals surface area contributed by atoms with E-state index < -0.39 is 0 Å². The lowest BCUT2D eigenvalue weighted by molar-refractivity contribution is 0.0735. The van der Waals surface area contributed by atoms with Crippen LogP contribution >= 0.6 is 0 Å². The molecule has 0 bridgehead atoms. The summed E-state index contributed by atoms with van der Waals surface area (Å²) >= 11 is 0. The second-order valence-electron chi connectivity index (χ2n) is 6.54. The van der Waals surface area contributed by atoms with Gasteiger partial charge in [0.1, 0.15) is 11.3 Å². The van der Waals surface area contributed by atoms with Gasteiger partial charge in [0, 0.05) is 18.7 Å². The molecule has 6 heteroatoms. The van der Waals surface area contributed by atoms with Crippen LogP contribution in [0.15, 0.2) is 42.5 Å². The lowest BCUT2D eigenvalue weighted by Crippen LogP contribution is -2.30. The molecule has 6 nitrogen and oxygen atoms in total. The minimum Gasteiger partial charge on any atom is -0.497 e. The van der Waals surface area contributed by atoms with Crippen LogP contribution in [0.1, 0.15) is 41.7 Å². The summed E-state index contributed by atoms with van der Waals surface area (Å²) in [6.45, 7) is 3.55. The predicted octanol–water partition coefficient (Wildman–Crippen LogP) is 3.44. The molecule has 0 N–H and O–H groups in total. The first-order chi connectivity index (χ1) is 12.7. The molecule has 1 atom stereocenters. The van der Waals surface area contributed by atoms with Gasteiger partial charge in [-0.05, 0) is 55.7 Å². The molecule has 1 aromatic heterocycles. The number of rotatable bonds is 4. The highest BCUT2D eigenvalue weighted by atomic mass is 16.5. The molecule has 2 aromatic carbocycles. The molecule has 0 spiro atoms. The number of hydrogen-bond acceptors (Lipinski definition) is 4.